The third-order valence-corrected chi connectivity index (χ3v) is 6.51. The van der Waals surface area contributed by atoms with Gasteiger partial charge in [0.15, 0.2) is 5.78 Å². The molecule has 4 rings (SSSR count). The van der Waals surface area contributed by atoms with E-state index in [-0.39, 0.29) is 17.2 Å². The number of aromatic nitrogens is 2. The van der Waals surface area contributed by atoms with E-state index < -0.39 is 0 Å². The van der Waals surface area contributed by atoms with E-state index in [2.05, 4.69) is 4.98 Å². The Balaban J connectivity index is 1.55. The molecular formula is C23H21ClN2O3S. The van der Waals surface area contributed by atoms with Crippen molar-refractivity contribution < 1.29 is 9.53 Å². The maximum atomic E-state index is 12.8. The summed E-state index contributed by atoms with van der Waals surface area (Å²) in [6.07, 6.45) is 2.72. The zero-order valence-electron chi connectivity index (χ0n) is 16.6. The maximum Gasteiger partial charge on any atom is 0.349 e. The molecule has 30 heavy (non-hydrogen) atoms. The van der Waals surface area contributed by atoms with Crippen LogP contribution in [-0.4, -0.2) is 28.2 Å². The van der Waals surface area contributed by atoms with Gasteiger partial charge in [0.2, 0.25) is 0 Å². The summed E-state index contributed by atoms with van der Waals surface area (Å²) in [4.78, 5) is 29.7. The number of Topliss-reactive ketones (excluding diaryl/α,β-unsaturated/α-hetero) is 1. The Morgan fingerprint density at radius 2 is 2.00 bits per heavy atom. The molecule has 0 amide bonds. The molecule has 154 valence electrons. The van der Waals surface area contributed by atoms with Crippen LogP contribution in [0.4, 0.5) is 0 Å². The molecule has 0 atom stereocenters. The first-order valence-corrected chi connectivity index (χ1v) is 11.1. The number of methoxy groups -OCH3 is 1. The third-order valence-electron chi connectivity index (χ3n) is 5.20. The molecule has 0 saturated carbocycles. The number of ether oxygens (including phenoxy) is 1. The lowest BCUT2D eigenvalue weighted by Crippen LogP contribution is -2.27. The van der Waals surface area contributed by atoms with E-state index in [4.69, 9.17) is 16.3 Å². The van der Waals surface area contributed by atoms with Gasteiger partial charge in [0.05, 0.1) is 24.4 Å². The summed E-state index contributed by atoms with van der Waals surface area (Å²) in [7, 11) is 1.53. The second-order valence-electron chi connectivity index (χ2n) is 7.11. The average Bonchev–Trinajstić information content (AvgIpc) is 3.25. The number of fused-ring (bicyclic) bond motifs is 1. The molecule has 5 nitrogen and oxygen atoms in total. The van der Waals surface area contributed by atoms with Crippen molar-refractivity contribution in [1.29, 1.82) is 0 Å². The Kier molecular flexibility index (Phi) is 6.25. The van der Waals surface area contributed by atoms with E-state index >= 15 is 0 Å². The van der Waals surface area contributed by atoms with Gasteiger partial charge < -0.3 is 4.74 Å². The molecule has 1 heterocycles. The molecule has 0 N–H and O–H groups in total. The molecule has 0 unspecified atom stereocenters. The minimum Gasteiger partial charge on any atom is -0.495 e. The van der Waals surface area contributed by atoms with E-state index in [0.29, 0.717) is 27.9 Å². The molecule has 0 bridgehead atoms. The van der Waals surface area contributed by atoms with Crippen LogP contribution in [0.15, 0.2) is 58.4 Å². The van der Waals surface area contributed by atoms with Gasteiger partial charge in [-0.1, -0.05) is 53.7 Å². The predicted molar refractivity (Wildman–Crippen MR) is 119 cm³/mol. The molecule has 0 saturated heterocycles. The lowest BCUT2D eigenvalue weighted by molar-refractivity contribution is 0.102. The second-order valence-corrected chi connectivity index (χ2v) is 8.48. The Bertz CT molecular complexity index is 1150. The molecule has 1 aromatic heterocycles. The number of carbonyl (C=O) groups excluding carboxylic acids is 1. The number of nitrogens with zero attached hydrogens (tertiary/aromatic N) is 2. The smallest absolute Gasteiger partial charge is 0.349 e. The Hall–Kier alpha value is -2.57. The van der Waals surface area contributed by atoms with Gasteiger partial charge in [-0.05, 0) is 43.0 Å². The molecule has 0 radical (unpaired) electrons. The monoisotopic (exact) mass is 440 g/mol. The Morgan fingerprint density at radius 1 is 1.20 bits per heavy atom. The molecule has 1 aliphatic rings. The van der Waals surface area contributed by atoms with Crippen molar-refractivity contribution in [3.8, 4) is 5.75 Å². The van der Waals surface area contributed by atoms with Gasteiger partial charge in [-0.2, -0.15) is 4.98 Å². The normalized spacial score (nSPS) is 12.6. The summed E-state index contributed by atoms with van der Waals surface area (Å²) in [6.45, 7) is 0.517. The number of halogens is 1. The van der Waals surface area contributed by atoms with Crippen molar-refractivity contribution in [3.05, 3.63) is 86.4 Å². The fourth-order valence-corrected chi connectivity index (χ4v) is 4.92. The van der Waals surface area contributed by atoms with Crippen molar-refractivity contribution in [3.63, 3.8) is 0 Å². The number of hydrogen-bond acceptors (Lipinski definition) is 5. The SMILES string of the molecule is COc1ccc(C(=O)CSc2nc(=O)n(Cc3ccccc3)c3c2CCC3)cc1Cl. The minimum atomic E-state index is -0.262. The van der Waals surface area contributed by atoms with Gasteiger partial charge in [0.25, 0.3) is 0 Å². The van der Waals surface area contributed by atoms with E-state index in [0.717, 1.165) is 36.1 Å². The van der Waals surface area contributed by atoms with Crippen molar-refractivity contribution >= 4 is 29.1 Å². The lowest BCUT2D eigenvalue weighted by atomic mass is 10.1. The zero-order chi connectivity index (χ0) is 21.1. The maximum absolute atomic E-state index is 12.8. The Morgan fingerprint density at radius 3 is 2.73 bits per heavy atom. The summed E-state index contributed by atoms with van der Waals surface area (Å²) in [6, 6.07) is 14.9. The summed E-state index contributed by atoms with van der Waals surface area (Å²) < 4.78 is 6.90. The van der Waals surface area contributed by atoms with Gasteiger partial charge in [0.1, 0.15) is 10.8 Å². The number of hydrogen-bond donors (Lipinski definition) is 0. The molecule has 2 aromatic carbocycles. The second kappa shape index (κ2) is 9.06. The lowest BCUT2D eigenvalue weighted by Gasteiger charge is -2.14. The summed E-state index contributed by atoms with van der Waals surface area (Å²) in [5.74, 6) is 0.665. The number of carbonyl (C=O) groups is 1. The zero-order valence-corrected chi connectivity index (χ0v) is 18.1. The topological polar surface area (TPSA) is 61.2 Å². The number of thioether (sulfide) groups is 1. The van der Waals surface area contributed by atoms with Crippen LogP contribution in [-0.2, 0) is 19.4 Å². The van der Waals surface area contributed by atoms with Crippen LogP contribution >= 0.6 is 23.4 Å². The average molecular weight is 441 g/mol. The van der Waals surface area contributed by atoms with Crippen LogP contribution in [0.5, 0.6) is 5.75 Å². The molecule has 3 aromatic rings. The molecule has 1 aliphatic carbocycles. The van der Waals surface area contributed by atoms with Gasteiger partial charge in [-0.3, -0.25) is 9.36 Å². The first-order chi connectivity index (χ1) is 14.6. The van der Waals surface area contributed by atoms with Gasteiger partial charge in [0, 0.05) is 16.8 Å². The van der Waals surface area contributed by atoms with Gasteiger partial charge in [-0.25, -0.2) is 4.79 Å². The molecular weight excluding hydrogens is 420 g/mol. The minimum absolute atomic E-state index is 0.0634. The highest BCUT2D eigenvalue weighted by Gasteiger charge is 2.23. The highest BCUT2D eigenvalue weighted by Crippen LogP contribution is 2.31. The van der Waals surface area contributed by atoms with Crippen LogP contribution in [0, 0.1) is 0 Å². The van der Waals surface area contributed by atoms with E-state index in [1.165, 1.54) is 18.9 Å². The van der Waals surface area contributed by atoms with Crippen molar-refractivity contribution in [2.24, 2.45) is 0 Å². The van der Waals surface area contributed by atoms with Crippen molar-refractivity contribution in [2.75, 3.05) is 12.9 Å². The number of ketones is 1. The van der Waals surface area contributed by atoms with Gasteiger partial charge in [-0.15, -0.1) is 0 Å². The highest BCUT2D eigenvalue weighted by atomic mass is 35.5. The first-order valence-electron chi connectivity index (χ1n) is 9.73. The number of rotatable bonds is 7. The molecule has 0 fully saturated rings. The van der Waals surface area contributed by atoms with Crippen LogP contribution in [0.25, 0.3) is 0 Å². The summed E-state index contributed by atoms with van der Waals surface area (Å²) >= 11 is 7.46. The van der Waals surface area contributed by atoms with Crippen molar-refractivity contribution in [1.82, 2.24) is 9.55 Å². The quantitative estimate of drug-likeness (QED) is 0.309. The van der Waals surface area contributed by atoms with E-state index in [1.54, 1.807) is 22.8 Å². The highest BCUT2D eigenvalue weighted by molar-refractivity contribution is 8.00. The van der Waals surface area contributed by atoms with Crippen LogP contribution in [0.3, 0.4) is 0 Å². The fourth-order valence-electron chi connectivity index (χ4n) is 3.69. The predicted octanol–water partition coefficient (Wildman–Crippen LogP) is 4.42. The summed E-state index contributed by atoms with van der Waals surface area (Å²) in [5, 5.41) is 1.07. The standard InChI is InChI=1S/C23H21ClN2O3S/c1-29-21-11-10-16(12-18(21)24)20(27)14-30-22-17-8-5-9-19(17)26(23(28)25-22)13-15-6-3-2-4-7-15/h2-4,6-7,10-12H,5,8-9,13-14H2,1H3. The van der Waals surface area contributed by atoms with Gasteiger partial charge >= 0.3 is 5.69 Å². The first kappa shape index (κ1) is 20.7. The summed E-state index contributed by atoms with van der Waals surface area (Å²) in [5.41, 5.74) is 3.46. The number of benzene rings is 2. The van der Waals surface area contributed by atoms with Crippen LogP contribution < -0.4 is 10.4 Å². The van der Waals surface area contributed by atoms with Crippen LogP contribution in [0.2, 0.25) is 5.02 Å². The molecule has 7 heteroatoms. The molecule has 0 spiro atoms. The largest absolute Gasteiger partial charge is 0.495 e. The fraction of sp³-hybridized carbons (Fsp3) is 0.261. The van der Waals surface area contributed by atoms with Crippen LogP contribution in [0.1, 0.15) is 33.6 Å². The third kappa shape index (κ3) is 4.30. The van der Waals surface area contributed by atoms with E-state index in [9.17, 15) is 9.59 Å². The Labute approximate surface area is 184 Å². The van der Waals surface area contributed by atoms with Crippen molar-refractivity contribution in [2.45, 2.75) is 30.8 Å². The molecule has 0 aliphatic heterocycles. The van der Waals surface area contributed by atoms with E-state index in [1.807, 2.05) is 30.3 Å².